The molecule has 0 spiro atoms. The number of nitrogens with two attached hydrogens (primary N) is 1. The zero-order valence-electron chi connectivity index (χ0n) is 11.7. The molecule has 0 aliphatic heterocycles. The lowest BCUT2D eigenvalue weighted by atomic mass is 10.1. The zero-order chi connectivity index (χ0) is 15.2. The van der Waals surface area contributed by atoms with Crippen molar-refractivity contribution in [2.45, 2.75) is 12.8 Å². The number of hydrogen-bond donors (Lipinski definition) is 2. The van der Waals surface area contributed by atoms with Crippen molar-refractivity contribution in [2.24, 2.45) is 0 Å². The Morgan fingerprint density at radius 1 is 1.24 bits per heavy atom. The van der Waals surface area contributed by atoms with Crippen molar-refractivity contribution in [3.8, 4) is 5.75 Å². The average Bonchev–Trinajstić information content (AvgIpc) is 2.49. The van der Waals surface area contributed by atoms with Crippen LogP contribution in [-0.2, 0) is 11.2 Å². The number of amides is 1. The summed E-state index contributed by atoms with van der Waals surface area (Å²) in [5.41, 5.74) is 7.41. The van der Waals surface area contributed by atoms with Gasteiger partial charge in [-0.25, -0.2) is 4.39 Å². The summed E-state index contributed by atoms with van der Waals surface area (Å²) in [7, 11) is 1.49. The highest BCUT2D eigenvalue weighted by atomic mass is 19.1. The number of anilines is 2. The van der Waals surface area contributed by atoms with Gasteiger partial charge in [-0.2, -0.15) is 0 Å². The van der Waals surface area contributed by atoms with E-state index in [-0.39, 0.29) is 18.0 Å². The maximum Gasteiger partial charge on any atom is 0.224 e. The Kier molecular flexibility index (Phi) is 4.77. The van der Waals surface area contributed by atoms with Gasteiger partial charge in [0, 0.05) is 18.2 Å². The fourth-order valence-electron chi connectivity index (χ4n) is 1.88. The highest BCUT2D eigenvalue weighted by molar-refractivity contribution is 5.91. The lowest BCUT2D eigenvalue weighted by molar-refractivity contribution is -0.116. The normalized spacial score (nSPS) is 10.2. The van der Waals surface area contributed by atoms with Gasteiger partial charge in [0.25, 0.3) is 0 Å². The van der Waals surface area contributed by atoms with Crippen LogP contribution in [0.1, 0.15) is 12.0 Å². The van der Waals surface area contributed by atoms with Crippen LogP contribution in [0.25, 0.3) is 0 Å². The van der Waals surface area contributed by atoms with Crippen molar-refractivity contribution in [2.75, 3.05) is 18.2 Å². The van der Waals surface area contributed by atoms with Crippen molar-refractivity contribution in [3.05, 3.63) is 53.8 Å². The van der Waals surface area contributed by atoms with Gasteiger partial charge in [0.05, 0.1) is 12.8 Å². The standard InChI is InChI=1S/C16H17FN2O2/c1-21-13-7-8-14(17)15(10-13)19-16(20)9-4-11-2-5-12(18)6-3-11/h2-3,5-8,10H,4,9,18H2,1H3,(H,19,20). The molecule has 0 atom stereocenters. The summed E-state index contributed by atoms with van der Waals surface area (Å²) < 4.78 is 18.6. The predicted octanol–water partition coefficient (Wildman–Crippen LogP) is 2.99. The quantitative estimate of drug-likeness (QED) is 0.831. The smallest absolute Gasteiger partial charge is 0.224 e. The van der Waals surface area contributed by atoms with Crippen LogP contribution >= 0.6 is 0 Å². The molecule has 3 N–H and O–H groups in total. The van der Waals surface area contributed by atoms with Crippen LogP contribution in [0.5, 0.6) is 5.75 Å². The van der Waals surface area contributed by atoms with E-state index in [1.54, 1.807) is 12.1 Å². The molecule has 0 unspecified atom stereocenters. The number of aryl methyl sites for hydroxylation is 1. The molecule has 0 heterocycles. The number of nitrogens with one attached hydrogen (secondary N) is 1. The van der Waals surface area contributed by atoms with Crippen LogP contribution in [0.15, 0.2) is 42.5 Å². The molecule has 0 aromatic heterocycles. The SMILES string of the molecule is COc1ccc(F)c(NC(=O)CCc2ccc(N)cc2)c1. The maximum absolute atomic E-state index is 13.6. The summed E-state index contributed by atoms with van der Waals surface area (Å²) in [6, 6.07) is 11.5. The molecular weight excluding hydrogens is 271 g/mol. The molecule has 2 rings (SSSR count). The molecular formula is C16H17FN2O2. The summed E-state index contributed by atoms with van der Waals surface area (Å²) in [6.07, 6.45) is 0.832. The molecule has 0 aliphatic carbocycles. The number of rotatable bonds is 5. The number of benzene rings is 2. The van der Waals surface area contributed by atoms with E-state index in [0.29, 0.717) is 17.9 Å². The average molecular weight is 288 g/mol. The Morgan fingerprint density at radius 2 is 1.95 bits per heavy atom. The van der Waals surface area contributed by atoms with Gasteiger partial charge in [-0.15, -0.1) is 0 Å². The summed E-state index contributed by atoms with van der Waals surface area (Å²) in [4.78, 5) is 11.9. The largest absolute Gasteiger partial charge is 0.497 e. The van der Waals surface area contributed by atoms with E-state index in [0.717, 1.165) is 5.56 Å². The molecule has 5 heteroatoms. The Balaban J connectivity index is 1.94. The topological polar surface area (TPSA) is 64.3 Å². The first-order valence-corrected chi connectivity index (χ1v) is 6.56. The van der Waals surface area contributed by atoms with Crippen LogP contribution in [0, 0.1) is 5.82 Å². The molecule has 0 saturated carbocycles. The van der Waals surface area contributed by atoms with Crippen LogP contribution in [0.3, 0.4) is 0 Å². The van der Waals surface area contributed by atoms with E-state index in [1.165, 1.54) is 25.3 Å². The van der Waals surface area contributed by atoms with Gasteiger partial charge >= 0.3 is 0 Å². The fraction of sp³-hybridized carbons (Fsp3) is 0.188. The minimum Gasteiger partial charge on any atom is -0.497 e. The Hall–Kier alpha value is -2.56. The van der Waals surface area contributed by atoms with Crippen molar-refractivity contribution in [1.82, 2.24) is 0 Å². The molecule has 4 nitrogen and oxygen atoms in total. The van der Waals surface area contributed by atoms with E-state index in [1.807, 2.05) is 12.1 Å². The van der Waals surface area contributed by atoms with Crippen molar-refractivity contribution < 1.29 is 13.9 Å². The Bertz CT molecular complexity index is 627. The molecule has 0 fully saturated rings. The lowest BCUT2D eigenvalue weighted by Crippen LogP contribution is -2.13. The second-order valence-electron chi connectivity index (χ2n) is 4.64. The number of methoxy groups -OCH3 is 1. The van der Waals surface area contributed by atoms with E-state index in [4.69, 9.17) is 10.5 Å². The van der Waals surface area contributed by atoms with E-state index in [9.17, 15) is 9.18 Å². The summed E-state index contributed by atoms with van der Waals surface area (Å²) in [5, 5.41) is 2.55. The Labute approximate surface area is 122 Å². The lowest BCUT2D eigenvalue weighted by Gasteiger charge is -2.08. The predicted molar refractivity (Wildman–Crippen MR) is 80.8 cm³/mol. The zero-order valence-corrected chi connectivity index (χ0v) is 11.7. The minimum atomic E-state index is -0.489. The third kappa shape index (κ3) is 4.21. The third-order valence-electron chi connectivity index (χ3n) is 3.07. The number of halogens is 1. The minimum absolute atomic E-state index is 0.122. The van der Waals surface area contributed by atoms with Gasteiger partial charge in [0.15, 0.2) is 0 Å². The second-order valence-corrected chi connectivity index (χ2v) is 4.64. The van der Waals surface area contributed by atoms with E-state index in [2.05, 4.69) is 5.32 Å². The molecule has 0 radical (unpaired) electrons. The van der Waals surface area contributed by atoms with Crippen LogP contribution < -0.4 is 15.8 Å². The van der Waals surface area contributed by atoms with Crippen LogP contribution in [0.4, 0.5) is 15.8 Å². The third-order valence-corrected chi connectivity index (χ3v) is 3.07. The van der Waals surface area contributed by atoms with Crippen LogP contribution in [-0.4, -0.2) is 13.0 Å². The Morgan fingerprint density at radius 3 is 2.62 bits per heavy atom. The highest BCUT2D eigenvalue weighted by Gasteiger charge is 2.08. The molecule has 2 aromatic carbocycles. The van der Waals surface area contributed by atoms with E-state index >= 15 is 0 Å². The number of carbonyl (C=O) groups excluding carboxylic acids is 1. The molecule has 0 saturated heterocycles. The number of ether oxygens (including phenoxy) is 1. The molecule has 1 amide bonds. The van der Waals surface area contributed by atoms with Crippen molar-refractivity contribution in [3.63, 3.8) is 0 Å². The van der Waals surface area contributed by atoms with E-state index < -0.39 is 5.82 Å². The first-order chi connectivity index (χ1) is 10.1. The number of hydrogen-bond acceptors (Lipinski definition) is 3. The van der Waals surface area contributed by atoms with Gasteiger partial charge < -0.3 is 15.8 Å². The van der Waals surface area contributed by atoms with Gasteiger partial charge in [-0.1, -0.05) is 12.1 Å². The van der Waals surface area contributed by atoms with Gasteiger partial charge in [0.1, 0.15) is 11.6 Å². The monoisotopic (exact) mass is 288 g/mol. The first-order valence-electron chi connectivity index (χ1n) is 6.56. The maximum atomic E-state index is 13.6. The summed E-state index contributed by atoms with van der Waals surface area (Å²) in [5.74, 6) is -0.249. The van der Waals surface area contributed by atoms with Crippen molar-refractivity contribution >= 4 is 17.3 Å². The number of carbonyl (C=O) groups is 1. The molecule has 2 aromatic rings. The molecule has 0 aliphatic rings. The van der Waals surface area contributed by atoms with Gasteiger partial charge in [-0.3, -0.25) is 4.79 Å². The van der Waals surface area contributed by atoms with Gasteiger partial charge in [-0.05, 0) is 36.2 Å². The molecule has 0 bridgehead atoms. The van der Waals surface area contributed by atoms with Crippen molar-refractivity contribution in [1.29, 1.82) is 0 Å². The van der Waals surface area contributed by atoms with Crippen LogP contribution in [0.2, 0.25) is 0 Å². The first kappa shape index (κ1) is 14.8. The molecule has 21 heavy (non-hydrogen) atoms. The second kappa shape index (κ2) is 6.74. The van der Waals surface area contributed by atoms with Gasteiger partial charge in [0.2, 0.25) is 5.91 Å². The summed E-state index contributed by atoms with van der Waals surface area (Å²) in [6.45, 7) is 0. The molecule has 110 valence electrons. The highest BCUT2D eigenvalue weighted by Crippen LogP contribution is 2.21. The number of nitrogen functional groups attached to an aromatic ring is 1. The summed E-state index contributed by atoms with van der Waals surface area (Å²) >= 11 is 0. The fourth-order valence-corrected chi connectivity index (χ4v) is 1.88.